The van der Waals surface area contributed by atoms with E-state index in [1.807, 2.05) is 18.2 Å². The fourth-order valence-electron chi connectivity index (χ4n) is 7.70. The Morgan fingerprint density at radius 2 is 0.841 bits per heavy atom. The van der Waals surface area contributed by atoms with Gasteiger partial charge in [-0.25, -0.2) is 0 Å². The molecule has 0 fully saturated rings. The summed E-state index contributed by atoms with van der Waals surface area (Å²) in [6.45, 7) is 6.41. The summed E-state index contributed by atoms with van der Waals surface area (Å²) in [5, 5.41) is 23.8. The number of esters is 1. The average molecular weight is 880 g/mol. The number of allylic oxidation sites excluding steroid dienone is 11. The second-order valence-electron chi connectivity index (χ2n) is 17.9. The van der Waals surface area contributed by atoms with Crippen molar-refractivity contribution in [2.75, 3.05) is 6.61 Å². The van der Waals surface area contributed by atoms with Crippen LogP contribution in [0.15, 0.2) is 72.9 Å². The highest BCUT2D eigenvalue weighted by Crippen LogP contribution is 2.16. The zero-order valence-electron chi connectivity index (χ0n) is 41.4. The summed E-state index contributed by atoms with van der Waals surface area (Å²) in [5.41, 5.74) is 0. The number of aliphatic hydroxyl groups excluding tert-OH is 2. The van der Waals surface area contributed by atoms with Crippen molar-refractivity contribution in [3.05, 3.63) is 72.9 Å². The van der Waals surface area contributed by atoms with Crippen LogP contribution in [0.1, 0.15) is 252 Å². The Kier molecular flexibility index (Phi) is 48.1. The quantitative estimate of drug-likeness (QED) is 0.0321. The molecule has 63 heavy (non-hydrogen) atoms. The van der Waals surface area contributed by atoms with Gasteiger partial charge in [0.25, 0.3) is 0 Å². The Morgan fingerprint density at radius 3 is 1.30 bits per heavy atom. The molecular weight excluding hydrogens is 779 g/mol. The number of ether oxygens (including phenoxy) is 1. The minimum absolute atomic E-state index is 0.0226. The standard InChI is InChI=1S/C57H101NO5/c1-4-7-10-13-16-19-22-25-27-29-32-34-37-40-43-46-49-55(60)54(52-59)58-56(61)51-53(48-45-42-39-36-33-31-28-26-23-20-17-14-11-8-5-2)63-57(62)50-47-44-41-38-35-30-24-21-18-15-12-9-6-3/h17,20,26,28,30,33,35-36,41-42,44-45,53-55,59-60H,4-16,18-19,21-25,27,29,31-32,34,37-40,43,46-52H2,1-3H3,(H,58,61)/b20-17-,28-26-,35-30-,36-33-,44-41+,45-42-. The van der Waals surface area contributed by atoms with Gasteiger partial charge in [-0.05, 0) is 64.2 Å². The number of nitrogens with one attached hydrogen (secondary N) is 1. The number of unbranched alkanes of at least 4 members (excludes halogenated alkanes) is 24. The van der Waals surface area contributed by atoms with E-state index in [0.29, 0.717) is 19.3 Å². The monoisotopic (exact) mass is 880 g/mol. The summed E-state index contributed by atoms with van der Waals surface area (Å²) in [6, 6.07) is -0.744. The molecule has 0 aliphatic heterocycles. The average Bonchev–Trinajstić information content (AvgIpc) is 3.28. The Labute approximate surface area is 390 Å². The summed E-state index contributed by atoms with van der Waals surface area (Å²) in [6.07, 6.45) is 64.2. The van der Waals surface area contributed by atoms with Crippen LogP contribution in [0, 0.1) is 0 Å². The number of carbonyl (C=O) groups excluding carboxylic acids is 2. The van der Waals surface area contributed by atoms with Crippen LogP contribution in [0.2, 0.25) is 0 Å². The summed E-state index contributed by atoms with van der Waals surface area (Å²) in [4.78, 5) is 26.1. The molecule has 0 aliphatic rings. The van der Waals surface area contributed by atoms with E-state index in [2.05, 4.69) is 80.8 Å². The molecule has 0 saturated heterocycles. The molecule has 6 nitrogen and oxygen atoms in total. The van der Waals surface area contributed by atoms with Gasteiger partial charge in [0.05, 0.1) is 25.2 Å². The lowest BCUT2D eigenvalue weighted by atomic mass is 10.0. The molecule has 0 radical (unpaired) electrons. The minimum Gasteiger partial charge on any atom is -0.461 e. The van der Waals surface area contributed by atoms with Gasteiger partial charge in [0.15, 0.2) is 0 Å². The van der Waals surface area contributed by atoms with Crippen LogP contribution in [0.4, 0.5) is 0 Å². The van der Waals surface area contributed by atoms with E-state index in [1.54, 1.807) is 0 Å². The second kappa shape index (κ2) is 50.3. The van der Waals surface area contributed by atoms with Crippen molar-refractivity contribution in [2.45, 2.75) is 270 Å². The molecule has 0 aromatic carbocycles. The summed E-state index contributed by atoms with van der Waals surface area (Å²) in [5.74, 6) is -0.657. The van der Waals surface area contributed by atoms with E-state index in [0.717, 1.165) is 51.4 Å². The lowest BCUT2D eigenvalue weighted by Crippen LogP contribution is -2.46. The first-order valence-corrected chi connectivity index (χ1v) is 26.7. The fraction of sp³-hybridized carbons (Fsp3) is 0.754. The lowest BCUT2D eigenvalue weighted by molar-refractivity contribution is -0.150. The predicted molar refractivity (Wildman–Crippen MR) is 273 cm³/mol. The Bertz CT molecular complexity index is 1170. The molecule has 3 unspecified atom stereocenters. The summed E-state index contributed by atoms with van der Waals surface area (Å²) >= 11 is 0. The van der Waals surface area contributed by atoms with Gasteiger partial charge < -0.3 is 20.3 Å². The maximum atomic E-state index is 13.2. The van der Waals surface area contributed by atoms with Gasteiger partial charge in [-0.3, -0.25) is 9.59 Å². The molecule has 0 spiro atoms. The number of rotatable bonds is 47. The molecule has 0 heterocycles. The van der Waals surface area contributed by atoms with E-state index >= 15 is 0 Å². The van der Waals surface area contributed by atoms with E-state index < -0.39 is 18.2 Å². The van der Waals surface area contributed by atoms with Crippen molar-refractivity contribution in [2.24, 2.45) is 0 Å². The maximum Gasteiger partial charge on any atom is 0.306 e. The van der Waals surface area contributed by atoms with Crippen molar-refractivity contribution in [3.8, 4) is 0 Å². The molecular formula is C57H101NO5. The maximum absolute atomic E-state index is 13.2. The Balaban J connectivity index is 4.73. The van der Waals surface area contributed by atoms with Crippen molar-refractivity contribution in [1.82, 2.24) is 5.32 Å². The zero-order valence-corrected chi connectivity index (χ0v) is 41.4. The third-order valence-corrected chi connectivity index (χ3v) is 11.8. The number of amides is 1. The van der Waals surface area contributed by atoms with Crippen LogP contribution >= 0.6 is 0 Å². The van der Waals surface area contributed by atoms with Crippen molar-refractivity contribution in [3.63, 3.8) is 0 Å². The molecule has 0 bridgehead atoms. The number of hydrogen-bond donors (Lipinski definition) is 3. The molecule has 0 saturated carbocycles. The fourth-order valence-corrected chi connectivity index (χ4v) is 7.70. The first kappa shape index (κ1) is 60.3. The van der Waals surface area contributed by atoms with E-state index in [1.165, 1.54) is 148 Å². The first-order valence-electron chi connectivity index (χ1n) is 26.7. The molecule has 0 aliphatic carbocycles. The third-order valence-electron chi connectivity index (χ3n) is 11.8. The van der Waals surface area contributed by atoms with E-state index in [-0.39, 0.29) is 31.3 Å². The summed E-state index contributed by atoms with van der Waals surface area (Å²) < 4.78 is 5.83. The number of aliphatic hydroxyl groups is 2. The van der Waals surface area contributed by atoms with Crippen LogP contribution in [0.25, 0.3) is 0 Å². The zero-order chi connectivity index (χ0) is 45.9. The molecule has 1 amide bonds. The highest BCUT2D eigenvalue weighted by atomic mass is 16.5. The second-order valence-corrected chi connectivity index (χ2v) is 17.9. The highest BCUT2D eigenvalue weighted by molar-refractivity contribution is 5.77. The Morgan fingerprint density at radius 1 is 0.476 bits per heavy atom. The van der Waals surface area contributed by atoms with Crippen LogP contribution < -0.4 is 5.32 Å². The predicted octanol–water partition coefficient (Wildman–Crippen LogP) is 16.2. The molecule has 0 aromatic heterocycles. The van der Waals surface area contributed by atoms with Crippen LogP contribution in [-0.2, 0) is 14.3 Å². The third kappa shape index (κ3) is 45.7. The van der Waals surface area contributed by atoms with Gasteiger partial charge in [-0.1, -0.05) is 241 Å². The van der Waals surface area contributed by atoms with Gasteiger partial charge in [0.1, 0.15) is 6.10 Å². The van der Waals surface area contributed by atoms with Crippen LogP contribution in [0.3, 0.4) is 0 Å². The lowest BCUT2D eigenvalue weighted by Gasteiger charge is -2.24. The minimum atomic E-state index is -0.822. The SMILES string of the molecule is CCCCC/C=C\C/C=C\C/C=C\C/C=C\CC(CC(=O)NC(CO)C(O)CCCCCCCCCCCCCCCCCC)OC(=O)CC/C=C/C/C=C\CCCCCCCC. The topological polar surface area (TPSA) is 95.9 Å². The first-order chi connectivity index (χ1) is 31.0. The van der Waals surface area contributed by atoms with Gasteiger partial charge in [-0.2, -0.15) is 0 Å². The summed E-state index contributed by atoms with van der Waals surface area (Å²) in [7, 11) is 0. The molecule has 3 N–H and O–H groups in total. The number of hydrogen-bond acceptors (Lipinski definition) is 5. The van der Waals surface area contributed by atoms with Crippen molar-refractivity contribution < 1.29 is 24.5 Å². The van der Waals surface area contributed by atoms with Gasteiger partial charge in [0, 0.05) is 12.8 Å². The smallest absolute Gasteiger partial charge is 0.306 e. The van der Waals surface area contributed by atoms with Gasteiger partial charge in [-0.15, -0.1) is 0 Å². The van der Waals surface area contributed by atoms with E-state index in [4.69, 9.17) is 4.74 Å². The Hall–Kier alpha value is -2.70. The van der Waals surface area contributed by atoms with Gasteiger partial charge >= 0.3 is 5.97 Å². The molecule has 0 aromatic rings. The van der Waals surface area contributed by atoms with Crippen LogP contribution in [-0.4, -0.2) is 46.9 Å². The normalized spacial score (nSPS) is 13.8. The van der Waals surface area contributed by atoms with Crippen molar-refractivity contribution in [1.29, 1.82) is 0 Å². The van der Waals surface area contributed by atoms with E-state index in [9.17, 15) is 19.8 Å². The highest BCUT2D eigenvalue weighted by Gasteiger charge is 2.23. The largest absolute Gasteiger partial charge is 0.461 e. The van der Waals surface area contributed by atoms with Crippen molar-refractivity contribution >= 4 is 11.9 Å². The molecule has 3 atom stereocenters. The number of carbonyl (C=O) groups is 2. The van der Waals surface area contributed by atoms with Crippen LogP contribution in [0.5, 0.6) is 0 Å². The van der Waals surface area contributed by atoms with Gasteiger partial charge in [0.2, 0.25) is 5.91 Å². The molecule has 6 heteroatoms. The molecule has 0 rings (SSSR count). The molecule has 364 valence electrons.